The van der Waals surface area contributed by atoms with Crippen molar-refractivity contribution in [3.8, 4) is 0 Å². The van der Waals surface area contributed by atoms with Crippen LogP contribution in [-0.4, -0.2) is 46.8 Å². The summed E-state index contributed by atoms with van der Waals surface area (Å²) in [5.41, 5.74) is 1.75. The molecule has 1 saturated heterocycles. The molecule has 1 N–H and O–H groups in total. The minimum Gasteiger partial charge on any atom is -0.461 e. The predicted molar refractivity (Wildman–Crippen MR) is 123 cm³/mol. The van der Waals surface area contributed by atoms with E-state index in [-0.39, 0.29) is 18.0 Å². The third kappa shape index (κ3) is 5.47. The van der Waals surface area contributed by atoms with Crippen LogP contribution in [-0.2, 0) is 11.2 Å². The summed E-state index contributed by atoms with van der Waals surface area (Å²) in [6, 6.07) is 14.1. The molecule has 32 heavy (non-hydrogen) atoms. The van der Waals surface area contributed by atoms with E-state index in [0.29, 0.717) is 11.0 Å². The Balaban J connectivity index is 1.29. The third-order valence-electron chi connectivity index (χ3n) is 5.40. The van der Waals surface area contributed by atoms with Crippen LogP contribution in [0.2, 0.25) is 0 Å². The van der Waals surface area contributed by atoms with Crippen LogP contribution in [0.3, 0.4) is 0 Å². The average molecular weight is 452 g/mol. The second-order valence-electron chi connectivity index (χ2n) is 7.61. The summed E-state index contributed by atoms with van der Waals surface area (Å²) in [6.07, 6.45) is 3.31. The molecule has 0 spiro atoms. The lowest BCUT2D eigenvalue weighted by Gasteiger charge is -2.32. The minimum atomic E-state index is -0.513. The molecule has 1 amide bonds. The number of hydrogen-bond acceptors (Lipinski definition) is 8. The molecule has 9 heteroatoms. The zero-order valence-corrected chi connectivity index (χ0v) is 18.7. The highest BCUT2D eigenvalue weighted by Crippen LogP contribution is 2.24. The van der Waals surface area contributed by atoms with Crippen LogP contribution in [0.5, 0.6) is 0 Å². The van der Waals surface area contributed by atoms with Crippen molar-refractivity contribution in [1.29, 1.82) is 0 Å². The van der Waals surface area contributed by atoms with Gasteiger partial charge in [0.15, 0.2) is 22.3 Å². The van der Waals surface area contributed by atoms with Crippen LogP contribution >= 0.6 is 11.3 Å². The molecule has 0 saturated carbocycles. The number of anilines is 2. The monoisotopic (exact) mass is 451 g/mol. The highest BCUT2D eigenvalue weighted by atomic mass is 32.1. The molecule has 1 aliphatic rings. The van der Waals surface area contributed by atoms with Gasteiger partial charge in [-0.25, -0.2) is 9.78 Å². The number of amides is 1. The van der Waals surface area contributed by atoms with E-state index in [4.69, 9.17) is 4.74 Å². The molecule has 166 valence electrons. The van der Waals surface area contributed by atoms with Gasteiger partial charge in [0.05, 0.1) is 6.61 Å². The van der Waals surface area contributed by atoms with Gasteiger partial charge in [-0.15, -0.1) is 21.5 Å². The lowest BCUT2D eigenvalue weighted by atomic mass is 9.90. The Morgan fingerprint density at radius 3 is 2.56 bits per heavy atom. The molecule has 0 atom stereocenters. The van der Waals surface area contributed by atoms with Crippen LogP contribution in [0.1, 0.15) is 46.3 Å². The van der Waals surface area contributed by atoms with E-state index in [1.165, 1.54) is 5.56 Å². The second-order valence-corrected chi connectivity index (χ2v) is 8.47. The molecule has 3 aromatic rings. The zero-order valence-electron chi connectivity index (χ0n) is 17.9. The first-order chi connectivity index (χ1) is 15.6. The molecule has 0 radical (unpaired) electrons. The zero-order chi connectivity index (χ0) is 22.3. The fraction of sp³-hybridized carbons (Fsp3) is 0.348. The molecule has 1 aliphatic heterocycles. The number of hydrogen-bond donors (Lipinski definition) is 1. The second kappa shape index (κ2) is 10.3. The average Bonchev–Trinajstić information content (AvgIpc) is 3.29. The number of ether oxygens (including phenoxy) is 1. The van der Waals surface area contributed by atoms with Gasteiger partial charge in [0.1, 0.15) is 0 Å². The molecule has 0 bridgehead atoms. The van der Waals surface area contributed by atoms with Crippen molar-refractivity contribution >= 4 is 34.2 Å². The number of thiazole rings is 1. The molecule has 2 aromatic heterocycles. The minimum absolute atomic E-state index is 0.171. The van der Waals surface area contributed by atoms with Gasteiger partial charge in [0.25, 0.3) is 5.91 Å². The first-order valence-electron chi connectivity index (χ1n) is 10.7. The third-order valence-corrected chi connectivity index (χ3v) is 6.16. The van der Waals surface area contributed by atoms with Crippen LogP contribution in [0, 0.1) is 5.92 Å². The van der Waals surface area contributed by atoms with Crippen molar-refractivity contribution in [3.05, 3.63) is 64.8 Å². The Bertz CT molecular complexity index is 1050. The Morgan fingerprint density at radius 1 is 1.09 bits per heavy atom. The van der Waals surface area contributed by atoms with Gasteiger partial charge >= 0.3 is 5.97 Å². The van der Waals surface area contributed by atoms with Gasteiger partial charge in [0.2, 0.25) is 0 Å². The number of esters is 1. The smallest absolute Gasteiger partial charge is 0.357 e. The Morgan fingerprint density at radius 2 is 1.88 bits per heavy atom. The van der Waals surface area contributed by atoms with Crippen LogP contribution in [0.25, 0.3) is 0 Å². The van der Waals surface area contributed by atoms with Crippen molar-refractivity contribution < 1.29 is 14.3 Å². The quantitative estimate of drug-likeness (QED) is 0.545. The van der Waals surface area contributed by atoms with Gasteiger partial charge in [0, 0.05) is 18.5 Å². The first kappa shape index (κ1) is 21.9. The van der Waals surface area contributed by atoms with E-state index in [9.17, 15) is 9.59 Å². The Kier molecular flexibility index (Phi) is 7.06. The normalized spacial score (nSPS) is 14.2. The maximum Gasteiger partial charge on any atom is 0.357 e. The summed E-state index contributed by atoms with van der Waals surface area (Å²) < 4.78 is 4.90. The molecule has 8 nitrogen and oxygen atoms in total. The maximum absolute atomic E-state index is 12.4. The molecular weight excluding hydrogens is 426 g/mol. The SMILES string of the molecule is CCOC(=O)c1csc(NC(=O)c2ccc(N3CCC(Cc4ccccc4)CC3)nn2)n1. The van der Waals surface area contributed by atoms with Crippen molar-refractivity contribution in [3.63, 3.8) is 0 Å². The van der Waals surface area contributed by atoms with E-state index < -0.39 is 11.9 Å². The number of nitrogens with one attached hydrogen (secondary N) is 1. The molecule has 0 aliphatic carbocycles. The van der Waals surface area contributed by atoms with E-state index in [2.05, 4.69) is 49.7 Å². The summed E-state index contributed by atoms with van der Waals surface area (Å²) in [7, 11) is 0. The summed E-state index contributed by atoms with van der Waals surface area (Å²) in [5, 5.41) is 12.8. The van der Waals surface area contributed by atoms with Crippen molar-refractivity contribution in [2.75, 3.05) is 29.9 Å². The maximum atomic E-state index is 12.4. The summed E-state index contributed by atoms with van der Waals surface area (Å²) in [5.74, 6) is 0.513. The van der Waals surface area contributed by atoms with E-state index in [1.807, 2.05) is 12.1 Å². The number of carbonyl (C=O) groups is 2. The number of piperidine rings is 1. The van der Waals surface area contributed by atoms with Gasteiger partial charge in [-0.1, -0.05) is 30.3 Å². The topological polar surface area (TPSA) is 97.3 Å². The van der Waals surface area contributed by atoms with Gasteiger partial charge in [-0.05, 0) is 49.8 Å². The molecule has 0 unspecified atom stereocenters. The number of benzene rings is 1. The first-order valence-corrected chi connectivity index (χ1v) is 11.6. The Labute approximate surface area is 190 Å². The van der Waals surface area contributed by atoms with E-state index in [1.54, 1.807) is 18.4 Å². The van der Waals surface area contributed by atoms with Crippen LogP contribution in [0.15, 0.2) is 47.8 Å². The number of nitrogens with zero attached hydrogens (tertiary/aromatic N) is 4. The molecule has 1 fully saturated rings. The van der Waals surface area contributed by atoms with Gasteiger partial charge in [-0.2, -0.15) is 0 Å². The van der Waals surface area contributed by atoms with Gasteiger partial charge < -0.3 is 9.64 Å². The number of carbonyl (C=O) groups excluding carboxylic acids is 2. The molecular formula is C23H25N5O3S. The fourth-order valence-electron chi connectivity index (χ4n) is 3.72. The number of rotatable bonds is 7. The van der Waals surface area contributed by atoms with Crippen LogP contribution in [0.4, 0.5) is 10.9 Å². The molecule has 4 rings (SSSR count). The van der Waals surface area contributed by atoms with Gasteiger partial charge in [-0.3, -0.25) is 10.1 Å². The summed E-state index contributed by atoms with van der Waals surface area (Å²) >= 11 is 1.15. The van der Waals surface area contributed by atoms with Crippen molar-refractivity contribution in [2.45, 2.75) is 26.2 Å². The molecule has 3 heterocycles. The number of aromatic nitrogens is 3. The van der Waals surface area contributed by atoms with Crippen LogP contribution < -0.4 is 10.2 Å². The predicted octanol–water partition coefficient (Wildman–Crippen LogP) is 3.82. The highest BCUT2D eigenvalue weighted by molar-refractivity contribution is 7.14. The Hall–Kier alpha value is -3.33. The summed E-state index contributed by atoms with van der Waals surface area (Å²) in [6.45, 7) is 3.84. The lowest BCUT2D eigenvalue weighted by molar-refractivity contribution is 0.0520. The van der Waals surface area contributed by atoms with E-state index in [0.717, 1.165) is 49.5 Å². The highest BCUT2D eigenvalue weighted by Gasteiger charge is 2.21. The van der Waals surface area contributed by atoms with Crippen molar-refractivity contribution in [1.82, 2.24) is 15.2 Å². The standard InChI is InChI=1S/C23H25N5O3S/c1-2-31-22(30)19-15-32-23(24-19)25-21(29)18-8-9-20(27-26-18)28-12-10-17(11-13-28)14-16-6-4-3-5-7-16/h3-9,15,17H,2,10-14H2,1H3,(H,24,25,29). The fourth-order valence-corrected chi connectivity index (χ4v) is 4.39. The summed E-state index contributed by atoms with van der Waals surface area (Å²) in [4.78, 5) is 30.4. The molecule has 1 aromatic carbocycles. The lowest BCUT2D eigenvalue weighted by Crippen LogP contribution is -2.35. The van der Waals surface area contributed by atoms with Crippen molar-refractivity contribution in [2.24, 2.45) is 5.92 Å². The van der Waals surface area contributed by atoms with E-state index >= 15 is 0 Å². The largest absolute Gasteiger partial charge is 0.461 e.